The average molecular weight is 327 g/mol. The third-order valence-electron chi connectivity index (χ3n) is 4.06. The highest BCUT2D eigenvalue weighted by Gasteiger charge is 2.39. The van der Waals surface area contributed by atoms with Crippen LogP contribution in [0, 0.1) is 26.7 Å². The van der Waals surface area contributed by atoms with Crippen LogP contribution in [0.1, 0.15) is 23.1 Å². The molecule has 122 valence electrons. The monoisotopic (exact) mass is 327 g/mol. The fourth-order valence-corrected chi connectivity index (χ4v) is 4.97. The third kappa shape index (κ3) is 3.02. The first-order valence-corrected chi connectivity index (χ1v) is 8.57. The number of aliphatic carboxylic acids is 1. The first-order chi connectivity index (χ1) is 10.1. The number of benzene rings is 1. The Morgan fingerprint density at radius 2 is 1.77 bits per heavy atom. The molecule has 0 saturated carbocycles. The highest BCUT2D eigenvalue weighted by molar-refractivity contribution is 7.89. The second-order valence-corrected chi connectivity index (χ2v) is 7.77. The van der Waals surface area contributed by atoms with Crippen LogP contribution in [0.2, 0.25) is 0 Å². The molecule has 1 fully saturated rings. The van der Waals surface area contributed by atoms with Gasteiger partial charge in [-0.2, -0.15) is 4.31 Å². The van der Waals surface area contributed by atoms with Crippen molar-refractivity contribution in [2.75, 3.05) is 13.1 Å². The van der Waals surface area contributed by atoms with Gasteiger partial charge in [-0.3, -0.25) is 4.79 Å². The maximum Gasteiger partial charge on any atom is 0.310 e. The van der Waals surface area contributed by atoms with Gasteiger partial charge in [-0.05, 0) is 38.3 Å². The second-order valence-electron chi connectivity index (χ2n) is 5.89. The van der Waals surface area contributed by atoms with E-state index in [-0.39, 0.29) is 24.4 Å². The lowest BCUT2D eigenvalue weighted by Crippen LogP contribution is -2.48. The number of aliphatic hydroxyl groups excluding tert-OH is 1. The van der Waals surface area contributed by atoms with Crippen molar-refractivity contribution in [2.24, 2.45) is 5.92 Å². The Balaban J connectivity index is 2.41. The van der Waals surface area contributed by atoms with E-state index in [0.29, 0.717) is 11.1 Å². The Hall–Kier alpha value is -1.44. The number of hydrogen-bond acceptors (Lipinski definition) is 4. The number of sulfonamides is 1. The first kappa shape index (κ1) is 16.9. The summed E-state index contributed by atoms with van der Waals surface area (Å²) >= 11 is 0. The van der Waals surface area contributed by atoms with Crippen molar-refractivity contribution in [3.63, 3.8) is 0 Å². The third-order valence-corrected chi connectivity index (χ3v) is 6.23. The lowest BCUT2D eigenvalue weighted by Gasteiger charge is -2.33. The van der Waals surface area contributed by atoms with Gasteiger partial charge in [0.2, 0.25) is 10.0 Å². The van der Waals surface area contributed by atoms with E-state index in [0.717, 1.165) is 5.56 Å². The predicted octanol–water partition coefficient (Wildman–Crippen LogP) is 1.07. The summed E-state index contributed by atoms with van der Waals surface area (Å²) < 4.78 is 26.9. The smallest absolute Gasteiger partial charge is 0.310 e. The summed E-state index contributed by atoms with van der Waals surface area (Å²) in [5.41, 5.74) is 2.28. The highest BCUT2D eigenvalue weighted by Crippen LogP contribution is 2.29. The maximum absolute atomic E-state index is 12.9. The zero-order chi connectivity index (χ0) is 16.7. The van der Waals surface area contributed by atoms with Gasteiger partial charge in [0.1, 0.15) is 0 Å². The van der Waals surface area contributed by atoms with Crippen molar-refractivity contribution in [1.82, 2.24) is 4.31 Å². The molecular weight excluding hydrogens is 306 g/mol. The molecule has 1 aliphatic heterocycles. The van der Waals surface area contributed by atoms with E-state index in [1.165, 1.54) is 4.31 Å². The molecule has 1 aromatic carbocycles. The molecule has 1 heterocycles. The van der Waals surface area contributed by atoms with Crippen molar-refractivity contribution < 1.29 is 23.4 Å². The Morgan fingerprint density at radius 1 is 1.23 bits per heavy atom. The number of rotatable bonds is 3. The molecular formula is C15H21NO5S. The maximum atomic E-state index is 12.9. The Labute approximate surface area is 130 Å². The van der Waals surface area contributed by atoms with E-state index in [1.807, 2.05) is 6.92 Å². The Morgan fingerprint density at radius 3 is 2.27 bits per heavy atom. The minimum Gasteiger partial charge on any atom is -0.481 e. The van der Waals surface area contributed by atoms with Gasteiger partial charge in [0.25, 0.3) is 0 Å². The summed E-state index contributed by atoms with van der Waals surface area (Å²) in [7, 11) is -3.77. The molecule has 0 aliphatic carbocycles. The van der Waals surface area contributed by atoms with Crippen LogP contribution in [0.5, 0.6) is 0 Å². The molecule has 2 atom stereocenters. The SMILES string of the molecule is Cc1cc(C)c(S(=O)(=O)N2CC[C@@H](O)[C@@H](C(=O)O)C2)c(C)c1. The number of aryl methyl sites for hydroxylation is 3. The van der Waals surface area contributed by atoms with Gasteiger partial charge in [0, 0.05) is 13.1 Å². The van der Waals surface area contributed by atoms with Gasteiger partial charge < -0.3 is 10.2 Å². The van der Waals surface area contributed by atoms with Crippen LogP contribution in [0.4, 0.5) is 0 Å². The van der Waals surface area contributed by atoms with Crippen molar-refractivity contribution in [1.29, 1.82) is 0 Å². The summed E-state index contributed by atoms with van der Waals surface area (Å²) in [5, 5.41) is 18.9. The first-order valence-electron chi connectivity index (χ1n) is 7.13. The van der Waals surface area contributed by atoms with Crippen LogP contribution < -0.4 is 0 Å². The quantitative estimate of drug-likeness (QED) is 0.866. The van der Waals surface area contributed by atoms with Crippen LogP contribution in [0.15, 0.2) is 17.0 Å². The van der Waals surface area contributed by atoms with Gasteiger partial charge in [0.15, 0.2) is 0 Å². The van der Waals surface area contributed by atoms with E-state index in [2.05, 4.69) is 0 Å². The number of carboxylic acid groups (broad SMARTS) is 1. The lowest BCUT2D eigenvalue weighted by atomic mass is 9.96. The number of hydrogen-bond donors (Lipinski definition) is 2. The van der Waals surface area contributed by atoms with Gasteiger partial charge in [-0.15, -0.1) is 0 Å². The molecule has 22 heavy (non-hydrogen) atoms. The number of carbonyl (C=O) groups is 1. The molecule has 0 aromatic heterocycles. The van der Waals surface area contributed by atoms with Crippen LogP contribution in [-0.2, 0) is 14.8 Å². The minimum atomic E-state index is -3.77. The average Bonchev–Trinajstić information content (AvgIpc) is 2.36. The molecule has 0 amide bonds. The number of aliphatic hydroxyl groups is 1. The normalized spacial score (nSPS) is 23.5. The molecule has 0 unspecified atom stereocenters. The van der Waals surface area contributed by atoms with E-state index in [4.69, 9.17) is 5.11 Å². The van der Waals surface area contributed by atoms with Gasteiger partial charge in [0.05, 0.1) is 16.9 Å². The van der Waals surface area contributed by atoms with Crippen molar-refractivity contribution in [2.45, 2.75) is 38.2 Å². The Bertz CT molecular complexity index is 675. The summed E-state index contributed by atoms with van der Waals surface area (Å²) in [6.07, 6.45) is -0.885. The second kappa shape index (κ2) is 5.98. The molecule has 7 heteroatoms. The van der Waals surface area contributed by atoms with Crippen LogP contribution in [0.25, 0.3) is 0 Å². The van der Waals surface area contributed by atoms with Crippen LogP contribution in [-0.4, -0.2) is 48.1 Å². The van der Waals surface area contributed by atoms with Gasteiger partial charge in [-0.1, -0.05) is 17.7 Å². The predicted molar refractivity (Wildman–Crippen MR) is 81.2 cm³/mol. The fourth-order valence-electron chi connectivity index (χ4n) is 3.07. The molecule has 2 rings (SSSR count). The van der Waals surface area contributed by atoms with Crippen molar-refractivity contribution in [3.8, 4) is 0 Å². The zero-order valence-electron chi connectivity index (χ0n) is 12.9. The van der Waals surface area contributed by atoms with Crippen LogP contribution >= 0.6 is 0 Å². The van der Waals surface area contributed by atoms with E-state index in [1.54, 1.807) is 26.0 Å². The van der Waals surface area contributed by atoms with Gasteiger partial charge in [-0.25, -0.2) is 8.42 Å². The number of piperidine rings is 1. The van der Waals surface area contributed by atoms with Crippen molar-refractivity contribution >= 4 is 16.0 Å². The summed E-state index contributed by atoms with van der Waals surface area (Å²) in [5.74, 6) is -2.26. The largest absolute Gasteiger partial charge is 0.481 e. The lowest BCUT2D eigenvalue weighted by molar-refractivity contribution is -0.147. The highest BCUT2D eigenvalue weighted by atomic mass is 32.2. The molecule has 0 radical (unpaired) electrons. The summed E-state index contributed by atoms with van der Waals surface area (Å²) in [6, 6.07) is 3.60. The Kier molecular flexibility index (Phi) is 4.60. The van der Waals surface area contributed by atoms with Gasteiger partial charge >= 0.3 is 5.97 Å². The number of carboxylic acids is 1. The molecule has 2 N–H and O–H groups in total. The van der Waals surface area contributed by atoms with E-state index < -0.39 is 28.0 Å². The van der Waals surface area contributed by atoms with Crippen LogP contribution in [0.3, 0.4) is 0 Å². The number of nitrogens with zero attached hydrogens (tertiary/aromatic N) is 1. The zero-order valence-corrected chi connectivity index (χ0v) is 13.7. The topological polar surface area (TPSA) is 94.9 Å². The fraction of sp³-hybridized carbons (Fsp3) is 0.533. The minimum absolute atomic E-state index is 0.125. The summed E-state index contributed by atoms with van der Waals surface area (Å²) in [4.78, 5) is 11.4. The van der Waals surface area contributed by atoms with Crippen molar-refractivity contribution in [3.05, 3.63) is 28.8 Å². The molecule has 6 nitrogen and oxygen atoms in total. The molecule has 0 spiro atoms. The molecule has 1 aromatic rings. The molecule has 1 saturated heterocycles. The molecule has 0 bridgehead atoms. The molecule has 1 aliphatic rings. The van der Waals surface area contributed by atoms with E-state index >= 15 is 0 Å². The standard InChI is InChI=1S/C15H21NO5S/c1-9-6-10(2)14(11(3)7-9)22(20,21)16-5-4-13(17)12(8-16)15(18)19/h6-7,12-13,17H,4-5,8H2,1-3H3,(H,18,19)/t12-,13+/m0/s1. The summed E-state index contributed by atoms with van der Waals surface area (Å²) in [6.45, 7) is 5.29. The van der Waals surface area contributed by atoms with E-state index in [9.17, 15) is 18.3 Å².